The van der Waals surface area contributed by atoms with Crippen molar-refractivity contribution in [2.45, 2.75) is 37.1 Å². The molecule has 78 valence electrons. The molecule has 0 amide bonds. The average molecular weight is 254 g/mol. The molecular formula is C12H19AsO. The molecule has 0 aliphatic heterocycles. The normalized spacial score (nSPS) is 11.6. The molecule has 2 heteroatoms. The van der Waals surface area contributed by atoms with Crippen molar-refractivity contribution in [2.75, 3.05) is 0 Å². The van der Waals surface area contributed by atoms with Crippen molar-refractivity contribution in [3.8, 4) is 0 Å². The van der Waals surface area contributed by atoms with Gasteiger partial charge in [0.25, 0.3) is 0 Å². The molecule has 1 aromatic carbocycles. The van der Waals surface area contributed by atoms with Crippen molar-refractivity contribution in [1.29, 1.82) is 0 Å². The topological polar surface area (TPSA) is 17.1 Å². The van der Waals surface area contributed by atoms with E-state index in [0.29, 0.717) is 0 Å². The SMILES string of the molecule is CCC[As](=O)(CCC)c1ccccc1. The molecule has 0 saturated carbocycles. The Kier molecular flexibility index (Phi) is 4.54. The van der Waals surface area contributed by atoms with Crippen LogP contribution >= 0.6 is 0 Å². The van der Waals surface area contributed by atoms with E-state index >= 15 is 0 Å². The van der Waals surface area contributed by atoms with Gasteiger partial charge in [-0.1, -0.05) is 0 Å². The molecule has 0 unspecified atom stereocenters. The summed E-state index contributed by atoms with van der Waals surface area (Å²) in [6, 6.07) is 10.0. The molecule has 0 heterocycles. The van der Waals surface area contributed by atoms with E-state index in [2.05, 4.69) is 13.8 Å². The fraction of sp³-hybridized carbons (Fsp3) is 0.500. The summed E-state index contributed by atoms with van der Waals surface area (Å²) in [6.45, 7) is 4.24. The van der Waals surface area contributed by atoms with Crippen LogP contribution in [0.2, 0.25) is 10.4 Å². The van der Waals surface area contributed by atoms with Crippen molar-refractivity contribution < 1.29 is 3.74 Å². The van der Waals surface area contributed by atoms with Crippen LogP contribution in [0.3, 0.4) is 0 Å². The molecule has 0 saturated heterocycles. The molecule has 0 N–H and O–H groups in total. The van der Waals surface area contributed by atoms with Crippen LogP contribution in [0.1, 0.15) is 26.7 Å². The Labute approximate surface area is 89.2 Å². The van der Waals surface area contributed by atoms with Gasteiger partial charge in [-0.2, -0.15) is 0 Å². The summed E-state index contributed by atoms with van der Waals surface area (Å²) < 4.78 is 13.8. The molecule has 14 heavy (non-hydrogen) atoms. The third-order valence-corrected chi connectivity index (χ3v) is 9.90. The van der Waals surface area contributed by atoms with Crippen LogP contribution in [-0.2, 0) is 3.74 Å². The van der Waals surface area contributed by atoms with Crippen molar-refractivity contribution >= 4 is 17.8 Å². The zero-order valence-corrected chi connectivity index (χ0v) is 10.9. The predicted octanol–water partition coefficient (Wildman–Crippen LogP) is 3.09. The van der Waals surface area contributed by atoms with Crippen LogP contribution in [0.25, 0.3) is 0 Å². The molecule has 0 fully saturated rings. The summed E-state index contributed by atoms with van der Waals surface area (Å²) in [5, 5.41) is 1.83. The van der Waals surface area contributed by atoms with Crippen LogP contribution in [0, 0.1) is 0 Å². The number of hydrogen-bond donors (Lipinski definition) is 0. The molecule has 0 atom stereocenters. The van der Waals surface area contributed by atoms with Crippen molar-refractivity contribution in [3.05, 3.63) is 30.3 Å². The zero-order valence-electron chi connectivity index (χ0n) is 9.07. The summed E-state index contributed by atoms with van der Waals surface area (Å²) >= 11 is -2.74. The predicted molar refractivity (Wildman–Crippen MR) is 62.7 cm³/mol. The van der Waals surface area contributed by atoms with Crippen LogP contribution in [0.15, 0.2) is 30.3 Å². The van der Waals surface area contributed by atoms with Gasteiger partial charge in [0.2, 0.25) is 0 Å². The number of benzene rings is 1. The minimum atomic E-state index is -2.74. The van der Waals surface area contributed by atoms with Gasteiger partial charge in [-0.15, -0.1) is 0 Å². The molecule has 0 aliphatic carbocycles. The van der Waals surface area contributed by atoms with Gasteiger partial charge < -0.3 is 0 Å². The van der Waals surface area contributed by atoms with Crippen molar-refractivity contribution in [1.82, 2.24) is 0 Å². The maximum absolute atomic E-state index is 12.7. The summed E-state index contributed by atoms with van der Waals surface area (Å²) in [4.78, 5) is 0. The van der Waals surface area contributed by atoms with Gasteiger partial charge in [-0.25, -0.2) is 0 Å². The second kappa shape index (κ2) is 5.46. The first kappa shape index (κ1) is 11.7. The van der Waals surface area contributed by atoms with Crippen LogP contribution < -0.4 is 4.35 Å². The Bertz CT molecular complexity index is 295. The Morgan fingerprint density at radius 2 is 1.50 bits per heavy atom. The van der Waals surface area contributed by atoms with Gasteiger partial charge in [0, 0.05) is 0 Å². The average Bonchev–Trinajstić information content (AvgIpc) is 2.20. The van der Waals surface area contributed by atoms with E-state index < -0.39 is 13.5 Å². The molecule has 1 aromatic rings. The third kappa shape index (κ3) is 2.78. The van der Waals surface area contributed by atoms with Crippen molar-refractivity contribution in [3.63, 3.8) is 0 Å². The number of hydrogen-bond acceptors (Lipinski definition) is 1. The Morgan fingerprint density at radius 3 is 1.93 bits per heavy atom. The monoisotopic (exact) mass is 254 g/mol. The molecular weight excluding hydrogens is 235 g/mol. The second-order valence-electron chi connectivity index (χ2n) is 3.67. The first-order valence-corrected chi connectivity index (χ1v) is 9.72. The van der Waals surface area contributed by atoms with Gasteiger partial charge in [0.1, 0.15) is 0 Å². The summed E-state index contributed by atoms with van der Waals surface area (Å²) in [7, 11) is 0. The molecule has 0 aromatic heterocycles. The third-order valence-electron chi connectivity index (χ3n) is 2.40. The van der Waals surface area contributed by atoms with E-state index in [1.54, 1.807) is 0 Å². The molecule has 1 nitrogen and oxygen atoms in total. The van der Waals surface area contributed by atoms with E-state index in [1.807, 2.05) is 30.3 Å². The van der Waals surface area contributed by atoms with Gasteiger partial charge in [-0.3, -0.25) is 0 Å². The maximum atomic E-state index is 12.7. The van der Waals surface area contributed by atoms with Crippen LogP contribution in [-0.4, -0.2) is 13.5 Å². The van der Waals surface area contributed by atoms with E-state index in [-0.39, 0.29) is 0 Å². The first-order valence-electron chi connectivity index (χ1n) is 5.36. The molecule has 0 aliphatic rings. The van der Waals surface area contributed by atoms with Crippen LogP contribution in [0.4, 0.5) is 0 Å². The van der Waals surface area contributed by atoms with Crippen LogP contribution in [0.5, 0.6) is 0 Å². The standard InChI is InChI=1S/C12H19AsO/c1-3-10-13(14,11-4-2)12-8-6-5-7-9-12/h5-9H,3-4,10-11H2,1-2H3. The summed E-state index contributed by atoms with van der Waals surface area (Å²) in [6.07, 6.45) is 2.07. The summed E-state index contributed by atoms with van der Waals surface area (Å²) in [5.74, 6) is 0. The fourth-order valence-electron chi connectivity index (χ4n) is 1.79. The molecule has 0 radical (unpaired) electrons. The van der Waals surface area contributed by atoms with E-state index in [4.69, 9.17) is 0 Å². The number of rotatable bonds is 5. The van der Waals surface area contributed by atoms with Gasteiger partial charge in [-0.05, 0) is 0 Å². The van der Waals surface area contributed by atoms with Crippen molar-refractivity contribution in [2.24, 2.45) is 0 Å². The molecule has 0 bridgehead atoms. The van der Waals surface area contributed by atoms with Gasteiger partial charge in [0.05, 0.1) is 0 Å². The fourth-order valence-corrected chi connectivity index (χ4v) is 7.88. The zero-order chi connectivity index (χ0) is 10.4. The quantitative estimate of drug-likeness (QED) is 0.738. The van der Waals surface area contributed by atoms with E-state index in [0.717, 1.165) is 27.6 Å². The first-order chi connectivity index (χ1) is 6.73. The molecule has 1 rings (SSSR count). The van der Waals surface area contributed by atoms with E-state index in [9.17, 15) is 3.74 Å². The van der Waals surface area contributed by atoms with Gasteiger partial charge >= 0.3 is 89.0 Å². The van der Waals surface area contributed by atoms with Gasteiger partial charge in [0.15, 0.2) is 0 Å². The second-order valence-corrected chi connectivity index (χ2v) is 10.4. The minimum absolute atomic E-state index is 0.913. The Morgan fingerprint density at radius 1 is 1.00 bits per heavy atom. The van der Waals surface area contributed by atoms with E-state index in [1.165, 1.54) is 0 Å². The summed E-state index contributed by atoms with van der Waals surface area (Å²) in [5.41, 5.74) is 0. The Balaban J connectivity index is 2.94. The molecule has 0 spiro atoms. The Hall–Kier alpha value is -0.422.